The largest absolute Gasteiger partial charge is 0.478 e. The third-order valence-electron chi connectivity index (χ3n) is 1.58. The maximum Gasteiger partial charge on any atom is 0.337 e. The first kappa shape index (κ1) is 10.8. The molecule has 0 saturated carbocycles. The van der Waals surface area contributed by atoms with Crippen LogP contribution in [0.25, 0.3) is 0 Å². The Labute approximate surface area is 83.3 Å². The monoisotopic (exact) mass is 221 g/mol. The van der Waals surface area contributed by atoms with Crippen LogP contribution in [0.1, 0.15) is 28.2 Å². The normalized spacial score (nSPS) is 10.6. The summed E-state index contributed by atoms with van der Waals surface area (Å²) in [5.74, 6) is -1.43. The second-order valence-corrected chi connectivity index (χ2v) is 2.74. The number of alkyl halides is 3. The van der Waals surface area contributed by atoms with E-state index in [9.17, 15) is 13.6 Å². The number of pyridine rings is 1. The molecule has 0 radical (unpaired) electrons. The summed E-state index contributed by atoms with van der Waals surface area (Å²) in [6, 6.07) is 2.05. The van der Waals surface area contributed by atoms with E-state index in [1.807, 2.05) is 0 Å². The number of rotatable bonds is 3. The van der Waals surface area contributed by atoms with Crippen molar-refractivity contribution in [1.82, 2.24) is 4.98 Å². The van der Waals surface area contributed by atoms with Gasteiger partial charge in [0.1, 0.15) is 5.69 Å². The summed E-state index contributed by atoms with van der Waals surface area (Å²) in [5.41, 5.74) is -0.660. The van der Waals surface area contributed by atoms with E-state index in [2.05, 4.69) is 4.98 Å². The summed E-state index contributed by atoms with van der Waals surface area (Å²) >= 11 is 5.38. The number of aromatic carboxylic acids is 1. The fourth-order valence-electron chi connectivity index (χ4n) is 0.936. The van der Waals surface area contributed by atoms with E-state index in [-0.39, 0.29) is 17.1 Å². The van der Waals surface area contributed by atoms with Gasteiger partial charge in [-0.05, 0) is 12.1 Å². The molecule has 0 aliphatic carbocycles. The van der Waals surface area contributed by atoms with Gasteiger partial charge in [0.15, 0.2) is 0 Å². The molecule has 1 aromatic heterocycles. The molecule has 0 atom stereocenters. The van der Waals surface area contributed by atoms with Crippen LogP contribution >= 0.6 is 11.6 Å². The van der Waals surface area contributed by atoms with Crippen molar-refractivity contribution in [2.24, 2.45) is 0 Å². The zero-order valence-electron chi connectivity index (χ0n) is 6.88. The molecule has 3 nitrogen and oxygen atoms in total. The molecule has 14 heavy (non-hydrogen) atoms. The predicted octanol–water partition coefficient (Wildman–Crippen LogP) is 2.46. The van der Waals surface area contributed by atoms with Crippen molar-refractivity contribution >= 4 is 17.6 Å². The molecule has 1 N–H and O–H groups in total. The molecule has 1 aromatic rings. The van der Waals surface area contributed by atoms with Crippen LogP contribution in [-0.2, 0) is 5.88 Å². The molecule has 0 aliphatic rings. The van der Waals surface area contributed by atoms with Crippen LogP contribution in [0.3, 0.4) is 0 Å². The van der Waals surface area contributed by atoms with Gasteiger partial charge in [-0.1, -0.05) is 0 Å². The number of hydrogen-bond donors (Lipinski definition) is 1. The lowest BCUT2D eigenvalue weighted by molar-refractivity contribution is 0.0694. The molecule has 0 bridgehead atoms. The van der Waals surface area contributed by atoms with Gasteiger partial charge in [0.05, 0.1) is 17.1 Å². The van der Waals surface area contributed by atoms with Crippen LogP contribution in [0, 0.1) is 0 Å². The summed E-state index contributed by atoms with van der Waals surface area (Å²) in [6.07, 6.45) is -2.72. The highest BCUT2D eigenvalue weighted by Crippen LogP contribution is 2.19. The Balaban J connectivity index is 3.18. The molecule has 1 heterocycles. The fourth-order valence-corrected chi connectivity index (χ4v) is 1.14. The van der Waals surface area contributed by atoms with Crippen LogP contribution < -0.4 is 0 Å². The molecule has 76 valence electrons. The number of halogens is 3. The molecule has 0 amide bonds. The zero-order valence-corrected chi connectivity index (χ0v) is 7.63. The quantitative estimate of drug-likeness (QED) is 0.798. The summed E-state index contributed by atoms with van der Waals surface area (Å²) in [6.45, 7) is 0. The fraction of sp³-hybridized carbons (Fsp3) is 0.250. The zero-order chi connectivity index (χ0) is 10.7. The number of nitrogens with zero attached hydrogens (tertiary/aromatic N) is 1. The minimum atomic E-state index is -2.72. The van der Waals surface area contributed by atoms with E-state index in [1.54, 1.807) is 0 Å². The Kier molecular flexibility index (Phi) is 3.35. The van der Waals surface area contributed by atoms with Gasteiger partial charge >= 0.3 is 5.97 Å². The number of hydrogen-bond acceptors (Lipinski definition) is 2. The van der Waals surface area contributed by atoms with Gasteiger partial charge in [-0.15, -0.1) is 11.6 Å². The van der Waals surface area contributed by atoms with Gasteiger partial charge in [0, 0.05) is 0 Å². The highest BCUT2D eigenvalue weighted by atomic mass is 35.5. The van der Waals surface area contributed by atoms with E-state index in [0.29, 0.717) is 0 Å². The minimum absolute atomic E-state index is 0.0445. The molecule has 6 heteroatoms. The number of carboxylic acid groups (broad SMARTS) is 1. The van der Waals surface area contributed by atoms with E-state index in [0.717, 1.165) is 12.1 Å². The third kappa shape index (κ3) is 2.17. The van der Waals surface area contributed by atoms with Crippen molar-refractivity contribution in [3.8, 4) is 0 Å². The highest BCUT2D eigenvalue weighted by Gasteiger charge is 2.15. The van der Waals surface area contributed by atoms with Gasteiger partial charge in [-0.2, -0.15) is 0 Å². The maximum absolute atomic E-state index is 12.2. The van der Waals surface area contributed by atoms with Gasteiger partial charge in [0.2, 0.25) is 0 Å². The molecule has 0 spiro atoms. The Morgan fingerprint density at radius 2 is 2.21 bits per heavy atom. The molecular formula is C8H6ClF2NO2. The van der Waals surface area contributed by atoms with E-state index in [4.69, 9.17) is 16.7 Å². The SMILES string of the molecule is O=C(O)c1ccc(C(F)F)nc1CCl. The molecular weight excluding hydrogens is 216 g/mol. The van der Waals surface area contributed by atoms with Crippen molar-refractivity contribution in [2.45, 2.75) is 12.3 Å². The first-order valence-corrected chi connectivity index (χ1v) is 4.17. The average molecular weight is 222 g/mol. The van der Waals surface area contributed by atoms with E-state index in [1.165, 1.54) is 0 Å². The van der Waals surface area contributed by atoms with Gasteiger partial charge in [0.25, 0.3) is 6.43 Å². The average Bonchev–Trinajstić information content (AvgIpc) is 2.16. The number of aromatic nitrogens is 1. The summed E-state index contributed by atoms with van der Waals surface area (Å²) in [7, 11) is 0. The van der Waals surface area contributed by atoms with Crippen LogP contribution in [0.4, 0.5) is 8.78 Å². The standard InChI is InChI=1S/C8H6ClF2NO2/c9-3-6-4(8(13)14)1-2-5(12-6)7(10)11/h1-2,7H,3H2,(H,13,14). The second-order valence-electron chi connectivity index (χ2n) is 2.47. The van der Waals surface area contributed by atoms with Crippen LogP contribution in [0.15, 0.2) is 12.1 Å². The second kappa shape index (κ2) is 4.32. The van der Waals surface area contributed by atoms with Gasteiger partial charge in [-0.25, -0.2) is 18.6 Å². The highest BCUT2D eigenvalue weighted by molar-refractivity contribution is 6.17. The molecule has 0 aliphatic heterocycles. The van der Waals surface area contributed by atoms with Crippen LogP contribution in [0.2, 0.25) is 0 Å². The van der Waals surface area contributed by atoms with Gasteiger partial charge < -0.3 is 5.11 Å². The molecule has 0 unspecified atom stereocenters. The molecule has 1 rings (SSSR count). The number of carboxylic acids is 1. The van der Waals surface area contributed by atoms with E-state index >= 15 is 0 Å². The van der Waals surface area contributed by atoms with Crippen molar-refractivity contribution in [2.75, 3.05) is 0 Å². The molecule has 0 aromatic carbocycles. The van der Waals surface area contributed by atoms with Crippen LogP contribution in [-0.4, -0.2) is 16.1 Å². The Morgan fingerprint density at radius 1 is 1.57 bits per heavy atom. The van der Waals surface area contributed by atoms with Crippen molar-refractivity contribution in [3.05, 3.63) is 29.1 Å². The van der Waals surface area contributed by atoms with Crippen LogP contribution in [0.5, 0.6) is 0 Å². The summed E-state index contributed by atoms with van der Waals surface area (Å²) < 4.78 is 24.3. The first-order chi connectivity index (χ1) is 6.56. The van der Waals surface area contributed by atoms with E-state index < -0.39 is 18.1 Å². The lowest BCUT2D eigenvalue weighted by Gasteiger charge is -2.04. The summed E-state index contributed by atoms with van der Waals surface area (Å²) in [5, 5.41) is 8.64. The third-order valence-corrected chi connectivity index (χ3v) is 1.83. The molecule has 0 saturated heterocycles. The Morgan fingerprint density at radius 3 is 2.64 bits per heavy atom. The lowest BCUT2D eigenvalue weighted by atomic mass is 10.2. The first-order valence-electron chi connectivity index (χ1n) is 3.63. The van der Waals surface area contributed by atoms with Crippen molar-refractivity contribution in [1.29, 1.82) is 0 Å². The predicted molar refractivity (Wildman–Crippen MR) is 45.7 cm³/mol. The molecule has 0 fully saturated rings. The van der Waals surface area contributed by atoms with Gasteiger partial charge in [-0.3, -0.25) is 0 Å². The smallest absolute Gasteiger partial charge is 0.337 e. The van der Waals surface area contributed by atoms with Crippen molar-refractivity contribution in [3.63, 3.8) is 0 Å². The number of carbonyl (C=O) groups is 1. The van der Waals surface area contributed by atoms with Crippen molar-refractivity contribution < 1.29 is 18.7 Å². The minimum Gasteiger partial charge on any atom is -0.478 e. The maximum atomic E-state index is 12.2. The summed E-state index contributed by atoms with van der Waals surface area (Å²) in [4.78, 5) is 14.0. The topological polar surface area (TPSA) is 50.2 Å². The lowest BCUT2D eigenvalue weighted by Crippen LogP contribution is -2.05. The Hall–Kier alpha value is -1.23. The Bertz CT molecular complexity index is 357.